The zero-order valence-electron chi connectivity index (χ0n) is 9.47. The van der Waals surface area contributed by atoms with Crippen molar-refractivity contribution in [2.24, 2.45) is 0 Å². The Morgan fingerprint density at radius 1 is 1.56 bits per heavy atom. The molecule has 1 aromatic heterocycles. The minimum atomic E-state index is -0.492. The van der Waals surface area contributed by atoms with Crippen LogP contribution in [0.4, 0.5) is 0 Å². The predicted molar refractivity (Wildman–Crippen MR) is 58.9 cm³/mol. The van der Waals surface area contributed by atoms with Crippen molar-refractivity contribution >= 4 is 5.97 Å². The van der Waals surface area contributed by atoms with E-state index in [4.69, 9.17) is 9.47 Å². The number of pyridine rings is 1. The molecule has 0 bridgehead atoms. The molecule has 5 heteroatoms. The highest BCUT2D eigenvalue weighted by Gasteiger charge is 2.20. The Hall–Kier alpha value is -1.46. The second-order valence-corrected chi connectivity index (χ2v) is 3.19. The third-order valence-electron chi connectivity index (χ3n) is 2.11. The van der Waals surface area contributed by atoms with Crippen LogP contribution < -0.4 is 5.32 Å². The van der Waals surface area contributed by atoms with Crippen LogP contribution in [0.5, 0.6) is 0 Å². The predicted octanol–water partition coefficient (Wildman–Crippen LogP) is 0.532. The van der Waals surface area contributed by atoms with Gasteiger partial charge in [-0.15, -0.1) is 0 Å². The SMILES string of the molecule is COCCNC(C(=O)OC)c1cccnc1. The highest BCUT2D eigenvalue weighted by Crippen LogP contribution is 2.12. The van der Waals surface area contributed by atoms with E-state index in [1.54, 1.807) is 25.6 Å². The van der Waals surface area contributed by atoms with Crippen LogP contribution in [0.15, 0.2) is 24.5 Å². The summed E-state index contributed by atoms with van der Waals surface area (Å²) in [4.78, 5) is 15.5. The number of hydrogen-bond acceptors (Lipinski definition) is 5. The van der Waals surface area contributed by atoms with Gasteiger partial charge in [0.05, 0.1) is 13.7 Å². The number of carbonyl (C=O) groups excluding carboxylic acids is 1. The van der Waals surface area contributed by atoms with E-state index in [-0.39, 0.29) is 5.97 Å². The summed E-state index contributed by atoms with van der Waals surface area (Å²) in [6, 6.07) is 3.12. The minimum Gasteiger partial charge on any atom is -0.468 e. The molecule has 0 aliphatic carbocycles. The summed E-state index contributed by atoms with van der Waals surface area (Å²) in [6.45, 7) is 1.11. The molecule has 1 rings (SSSR count). The summed E-state index contributed by atoms with van der Waals surface area (Å²) in [5, 5.41) is 3.05. The Morgan fingerprint density at radius 2 is 2.38 bits per heavy atom. The first-order valence-corrected chi connectivity index (χ1v) is 4.99. The first-order valence-electron chi connectivity index (χ1n) is 4.99. The van der Waals surface area contributed by atoms with Crippen LogP contribution in [-0.4, -0.2) is 38.3 Å². The molecule has 0 aliphatic rings. The van der Waals surface area contributed by atoms with Crippen molar-refractivity contribution in [2.75, 3.05) is 27.4 Å². The first kappa shape index (κ1) is 12.6. The molecule has 0 aliphatic heterocycles. The quantitative estimate of drug-likeness (QED) is 0.564. The van der Waals surface area contributed by atoms with Gasteiger partial charge in [0.15, 0.2) is 0 Å². The van der Waals surface area contributed by atoms with Gasteiger partial charge in [0.1, 0.15) is 6.04 Å². The van der Waals surface area contributed by atoms with Crippen molar-refractivity contribution in [1.82, 2.24) is 10.3 Å². The summed E-state index contributed by atoms with van der Waals surface area (Å²) in [6.07, 6.45) is 3.30. The number of nitrogens with one attached hydrogen (secondary N) is 1. The molecular weight excluding hydrogens is 208 g/mol. The number of aromatic nitrogens is 1. The lowest BCUT2D eigenvalue weighted by Gasteiger charge is -2.15. The molecule has 0 spiro atoms. The van der Waals surface area contributed by atoms with Gasteiger partial charge in [-0.25, -0.2) is 4.79 Å². The van der Waals surface area contributed by atoms with Crippen molar-refractivity contribution in [2.45, 2.75) is 6.04 Å². The third-order valence-corrected chi connectivity index (χ3v) is 2.11. The molecule has 16 heavy (non-hydrogen) atoms. The topological polar surface area (TPSA) is 60.5 Å². The van der Waals surface area contributed by atoms with Gasteiger partial charge in [-0.2, -0.15) is 0 Å². The normalized spacial score (nSPS) is 12.1. The Bertz CT molecular complexity index is 316. The average molecular weight is 224 g/mol. The second kappa shape index (κ2) is 6.92. The number of esters is 1. The first-order chi connectivity index (χ1) is 7.79. The summed E-state index contributed by atoms with van der Waals surface area (Å²) in [5.41, 5.74) is 0.783. The molecule has 0 saturated heterocycles. The summed E-state index contributed by atoms with van der Waals surface area (Å²) >= 11 is 0. The largest absolute Gasteiger partial charge is 0.468 e. The zero-order valence-corrected chi connectivity index (χ0v) is 9.47. The number of methoxy groups -OCH3 is 2. The highest BCUT2D eigenvalue weighted by atomic mass is 16.5. The van der Waals surface area contributed by atoms with Crippen LogP contribution >= 0.6 is 0 Å². The molecule has 1 N–H and O–H groups in total. The van der Waals surface area contributed by atoms with Gasteiger partial charge >= 0.3 is 5.97 Å². The Kier molecular flexibility index (Phi) is 5.45. The fraction of sp³-hybridized carbons (Fsp3) is 0.455. The highest BCUT2D eigenvalue weighted by molar-refractivity contribution is 5.77. The number of nitrogens with zero attached hydrogens (tertiary/aromatic N) is 1. The molecule has 5 nitrogen and oxygen atoms in total. The smallest absolute Gasteiger partial charge is 0.327 e. The molecule has 1 heterocycles. The minimum absolute atomic E-state index is 0.330. The average Bonchev–Trinajstić information content (AvgIpc) is 2.35. The van der Waals surface area contributed by atoms with Crippen molar-refractivity contribution in [3.05, 3.63) is 30.1 Å². The van der Waals surface area contributed by atoms with E-state index in [1.165, 1.54) is 7.11 Å². The molecule has 1 atom stereocenters. The van der Waals surface area contributed by atoms with Gasteiger partial charge < -0.3 is 9.47 Å². The van der Waals surface area contributed by atoms with Crippen LogP contribution in [0.25, 0.3) is 0 Å². The maximum Gasteiger partial charge on any atom is 0.327 e. The van der Waals surface area contributed by atoms with Crippen LogP contribution in [0, 0.1) is 0 Å². The van der Waals surface area contributed by atoms with E-state index in [0.717, 1.165) is 5.56 Å². The number of ether oxygens (including phenoxy) is 2. The molecule has 0 amide bonds. The summed E-state index contributed by atoms with van der Waals surface area (Å²) in [7, 11) is 2.97. The standard InChI is InChI=1S/C11H16N2O3/c1-15-7-6-13-10(11(14)16-2)9-4-3-5-12-8-9/h3-5,8,10,13H,6-7H2,1-2H3. The van der Waals surface area contributed by atoms with Gasteiger partial charge in [0.25, 0.3) is 0 Å². The number of carbonyl (C=O) groups is 1. The van der Waals surface area contributed by atoms with Crippen molar-refractivity contribution < 1.29 is 14.3 Å². The molecule has 0 aromatic carbocycles. The van der Waals surface area contributed by atoms with Gasteiger partial charge in [0.2, 0.25) is 0 Å². The van der Waals surface area contributed by atoms with Crippen molar-refractivity contribution in [3.8, 4) is 0 Å². The lowest BCUT2D eigenvalue weighted by molar-refractivity contribution is -0.143. The summed E-state index contributed by atoms with van der Waals surface area (Å²) < 4.78 is 9.64. The molecule has 0 fully saturated rings. The monoisotopic (exact) mass is 224 g/mol. The summed E-state index contributed by atoms with van der Waals surface area (Å²) in [5.74, 6) is -0.330. The van der Waals surface area contributed by atoms with Crippen LogP contribution in [0.3, 0.4) is 0 Å². The fourth-order valence-electron chi connectivity index (χ4n) is 1.31. The molecule has 0 saturated carbocycles. The third kappa shape index (κ3) is 3.60. The Morgan fingerprint density at radius 3 is 2.94 bits per heavy atom. The van der Waals surface area contributed by atoms with Crippen LogP contribution in [0.2, 0.25) is 0 Å². The maximum absolute atomic E-state index is 11.6. The Labute approximate surface area is 94.8 Å². The molecule has 1 aromatic rings. The molecule has 0 radical (unpaired) electrons. The van der Waals surface area contributed by atoms with Gasteiger partial charge in [-0.05, 0) is 11.6 Å². The lowest BCUT2D eigenvalue weighted by Crippen LogP contribution is -2.32. The van der Waals surface area contributed by atoms with Gasteiger partial charge in [-0.3, -0.25) is 10.3 Å². The zero-order chi connectivity index (χ0) is 11.8. The second-order valence-electron chi connectivity index (χ2n) is 3.19. The van der Waals surface area contributed by atoms with Crippen molar-refractivity contribution in [1.29, 1.82) is 0 Å². The van der Waals surface area contributed by atoms with E-state index in [9.17, 15) is 4.79 Å². The van der Waals surface area contributed by atoms with Crippen LogP contribution in [0.1, 0.15) is 11.6 Å². The van der Waals surface area contributed by atoms with Crippen molar-refractivity contribution in [3.63, 3.8) is 0 Å². The lowest BCUT2D eigenvalue weighted by atomic mass is 10.1. The number of rotatable bonds is 6. The number of hydrogen-bond donors (Lipinski definition) is 1. The van der Waals surface area contributed by atoms with Gasteiger partial charge in [-0.1, -0.05) is 6.07 Å². The van der Waals surface area contributed by atoms with E-state index >= 15 is 0 Å². The van der Waals surface area contributed by atoms with E-state index < -0.39 is 6.04 Å². The van der Waals surface area contributed by atoms with Gasteiger partial charge in [0, 0.05) is 26.0 Å². The molecule has 88 valence electrons. The fourth-order valence-corrected chi connectivity index (χ4v) is 1.31. The van der Waals surface area contributed by atoms with Crippen LogP contribution in [-0.2, 0) is 14.3 Å². The molecule has 1 unspecified atom stereocenters. The van der Waals surface area contributed by atoms with E-state index in [1.807, 2.05) is 6.07 Å². The Balaban J connectivity index is 2.68. The maximum atomic E-state index is 11.6. The van der Waals surface area contributed by atoms with E-state index in [0.29, 0.717) is 13.2 Å². The molecular formula is C11H16N2O3. The van der Waals surface area contributed by atoms with E-state index in [2.05, 4.69) is 10.3 Å².